The fraction of sp³-hybridized carbons (Fsp3) is 0.217. The number of rotatable bonds is 2. The third kappa shape index (κ3) is 4.87. The molecule has 0 radical (unpaired) electrons. The third-order valence-corrected chi connectivity index (χ3v) is 7.68. The van der Waals surface area contributed by atoms with E-state index >= 15 is 0 Å². The standard InChI is InChI=1S/C14H11O.C9H10S.2ClH.Zr/c1-10-6-7-14(15-10)13-8-11-4-2-3-5-12(11)9-13;1-2-8-6-7-4-3-5-9(7)10-8;;;/h2-9H,1H3;3-7H,2H2,1H3;2*1H;/q;;;;+2/p-2. The minimum atomic E-state index is 0. The Kier molecular flexibility index (Phi) is 8.70. The van der Waals surface area contributed by atoms with E-state index in [-0.39, 0.29) is 24.8 Å². The molecule has 2 aromatic rings. The van der Waals surface area contributed by atoms with Gasteiger partial charge in [-0.25, -0.2) is 0 Å². The monoisotopic (exact) mass is 505 g/mol. The van der Waals surface area contributed by atoms with Crippen molar-refractivity contribution in [2.75, 3.05) is 0 Å². The van der Waals surface area contributed by atoms with Gasteiger partial charge < -0.3 is 24.8 Å². The van der Waals surface area contributed by atoms with Gasteiger partial charge in [-0.15, -0.1) is 0 Å². The fourth-order valence-corrected chi connectivity index (χ4v) is 5.71. The van der Waals surface area contributed by atoms with Crippen LogP contribution in [0.4, 0.5) is 0 Å². The Balaban J connectivity index is 0.000000204. The van der Waals surface area contributed by atoms with Gasteiger partial charge in [0.25, 0.3) is 0 Å². The van der Waals surface area contributed by atoms with Crippen LogP contribution in [-0.4, -0.2) is 0 Å². The Bertz CT molecular complexity index is 955. The molecule has 3 aliphatic rings. The summed E-state index contributed by atoms with van der Waals surface area (Å²) < 4.78 is 6.24. The number of aryl methyl sites for hydroxylation is 1. The molecule has 0 fully saturated rings. The molecule has 2 atom stereocenters. The number of allylic oxidation sites excluding steroid dienone is 7. The van der Waals surface area contributed by atoms with Gasteiger partial charge >= 0.3 is 110 Å². The second kappa shape index (κ2) is 10.3. The van der Waals surface area contributed by atoms with Gasteiger partial charge in [0.2, 0.25) is 0 Å². The van der Waals surface area contributed by atoms with Crippen molar-refractivity contribution in [3.05, 3.63) is 93.2 Å². The van der Waals surface area contributed by atoms with E-state index in [1.54, 1.807) is 0 Å². The molecule has 0 saturated carbocycles. The van der Waals surface area contributed by atoms with Crippen molar-refractivity contribution in [2.45, 2.75) is 23.9 Å². The fourth-order valence-electron chi connectivity index (χ4n) is 3.42. The maximum atomic E-state index is 5.72. The molecule has 143 valence electrons. The van der Waals surface area contributed by atoms with Gasteiger partial charge in [-0.3, -0.25) is 0 Å². The Hall–Kier alpha value is -0.727. The van der Waals surface area contributed by atoms with Crippen molar-refractivity contribution in [3.63, 3.8) is 0 Å². The normalized spacial score (nSPS) is 20.6. The first-order chi connectivity index (χ1) is 12.7. The molecule has 2 unspecified atom stereocenters. The molecule has 0 N–H and O–H groups in total. The van der Waals surface area contributed by atoms with Gasteiger partial charge in [-0.2, -0.15) is 0 Å². The van der Waals surface area contributed by atoms with Gasteiger partial charge in [0.15, 0.2) is 0 Å². The molecular weight excluding hydrogens is 486 g/mol. The third-order valence-electron chi connectivity index (χ3n) is 4.82. The Morgan fingerprint density at radius 2 is 1.89 bits per heavy atom. The van der Waals surface area contributed by atoms with E-state index in [1.165, 1.54) is 57.7 Å². The van der Waals surface area contributed by atoms with Crippen LogP contribution in [0.15, 0.2) is 74.9 Å². The van der Waals surface area contributed by atoms with Crippen molar-refractivity contribution in [3.8, 4) is 0 Å². The molecule has 0 saturated heterocycles. The Morgan fingerprint density at radius 1 is 1.11 bits per heavy atom. The predicted octanol–water partition coefficient (Wildman–Crippen LogP) is 0.835. The summed E-state index contributed by atoms with van der Waals surface area (Å²) in [5, 5.41) is 0. The maximum absolute atomic E-state index is 5.72. The molecule has 0 bridgehead atoms. The predicted molar refractivity (Wildman–Crippen MR) is 107 cm³/mol. The molecule has 1 aromatic carbocycles. The van der Waals surface area contributed by atoms with Crippen molar-refractivity contribution < 1.29 is 54.0 Å². The van der Waals surface area contributed by atoms with Gasteiger partial charge in [-0.05, 0) is 11.3 Å². The zero-order valence-electron chi connectivity index (χ0n) is 15.8. The first-order valence-electron chi connectivity index (χ1n) is 9.01. The number of furan rings is 1. The minimum Gasteiger partial charge on any atom is -1.00 e. The average Bonchev–Trinajstić information content (AvgIpc) is 3.39. The first-order valence-corrected chi connectivity index (χ1v) is 11.2. The summed E-state index contributed by atoms with van der Waals surface area (Å²) in [4.78, 5) is 3.04. The number of fused-ring (bicyclic) bond motifs is 2. The Labute approximate surface area is 199 Å². The van der Waals surface area contributed by atoms with E-state index in [9.17, 15) is 0 Å². The second-order valence-electron chi connectivity index (χ2n) is 6.64. The van der Waals surface area contributed by atoms with Crippen LogP contribution < -0.4 is 24.8 Å². The summed E-state index contributed by atoms with van der Waals surface area (Å²) >= 11 is 3.46. The van der Waals surface area contributed by atoms with E-state index in [4.69, 9.17) is 4.42 Å². The van der Waals surface area contributed by atoms with Crippen LogP contribution in [0.3, 0.4) is 0 Å². The van der Waals surface area contributed by atoms with Crippen LogP contribution in [0.2, 0.25) is 0 Å². The van der Waals surface area contributed by atoms with Crippen LogP contribution in [-0.2, 0) is 24.7 Å². The summed E-state index contributed by atoms with van der Waals surface area (Å²) in [6.45, 7) is 4.20. The molecule has 0 spiro atoms. The number of thioether (sulfide) groups is 1. The molecule has 1 aliphatic heterocycles. The van der Waals surface area contributed by atoms with Crippen LogP contribution in [0.25, 0.3) is 11.6 Å². The number of hydrogen-bond acceptors (Lipinski definition) is 2. The quantitative estimate of drug-likeness (QED) is 0.598. The number of hydrogen-bond donors (Lipinski definition) is 0. The molecular formula is C23H21Cl2OSZr. The first kappa shape index (κ1) is 23.6. The topological polar surface area (TPSA) is 13.1 Å². The van der Waals surface area contributed by atoms with E-state index in [0.29, 0.717) is 9.54 Å². The minimum absolute atomic E-state index is 0. The molecule has 1 nitrogen and oxygen atoms in total. The summed E-state index contributed by atoms with van der Waals surface area (Å²) in [5.41, 5.74) is 4.10. The molecule has 1 aromatic heterocycles. The summed E-state index contributed by atoms with van der Waals surface area (Å²) in [7, 11) is 0. The van der Waals surface area contributed by atoms with Crippen LogP contribution in [0, 0.1) is 12.8 Å². The largest absolute Gasteiger partial charge is 1.00 e. The van der Waals surface area contributed by atoms with E-state index in [1.807, 2.05) is 24.8 Å². The van der Waals surface area contributed by atoms with Crippen LogP contribution in [0.5, 0.6) is 0 Å². The molecule has 5 rings (SSSR count). The summed E-state index contributed by atoms with van der Waals surface area (Å²) in [5.74, 6) is 2.64. The zero-order valence-corrected chi connectivity index (χ0v) is 20.6. The van der Waals surface area contributed by atoms with Gasteiger partial charge in [0.05, 0.1) is 0 Å². The van der Waals surface area contributed by atoms with Crippen molar-refractivity contribution in [2.24, 2.45) is 5.92 Å². The Morgan fingerprint density at radius 3 is 2.54 bits per heavy atom. The van der Waals surface area contributed by atoms with Crippen LogP contribution >= 0.6 is 11.8 Å². The summed E-state index contributed by atoms with van der Waals surface area (Å²) in [6.07, 6.45) is 12.4. The summed E-state index contributed by atoms with van der Waals surface area (Å²) in [6, 6.07) is 12.7. The van der Waals surface area contributed by atoms with Crippen LogP contribution in [0.1, 0.15) is 39.6 Å². The maximum Gasteiger partial charge on any atom is -1.00 e. The molecule has 0 amide bonds. The molecule has 2 heterocycles. The van der Waals surface area contributed by atoms with Crippen molar-refractivity contribution in [1.82, 2.24) is 0 Å². The molecule has 5 heteroatoms. The van der Waals surface area contributed by atoms with E-state index in [0.717, 1.165) is 11.5 Å². The smallest absolute Gasteiger partial charge is 1.00 e. The van der Waals surface area contributed by atoms with Gasteiger partial charge in [0, 0.05) is 10.8 Å². The van der Waals surface area contributed by atoms with Crippen molar-refractivity contribution in [1.29, 1.82) is 0 Å². The van der Waals surface area contributed by atoms with Crippen molar-refractivity contribution >= 4 is 23.4 Å². The number of benzene rings is 1. The van der Waals surface area contributed by atoms with E-state index in [2.05, 4.69) is 67.6 Å². The van der Waals surface area contributed by atoms with Gasteiger partial charge in [0.1, 0.15) is 0 Å². The van der Waals surface area contributed by atoms with E-state index < -0.39 is 0 Å². The number of halogens is 2. The second-order valence-corrected chi connectivity index (χ2v) is 9.26. The molecule has 2 aliphatic carbocycles. The SMILES string of the molecule is CCC1=CC2C=CC=C2S1.Cc1ccc(C2=Cc3ccccc3[CH]2[Zr+2])o1.[Cl-].[Cl-]. The molecule has 28 heavy (non-hydrogen) atoms. The average molecular weight is 508 g/mol. The van der Waals surface area contributed by atoms with Gasteiger partial charge in [-0.1, -0.05) is 43.0 Å². The zero-order chi connectivity index (χ0) is 18.1.